The second kappa shape index (κ2) is 8.46. The molecule has 0 saturated carbocycles. The Morgan fingerprint density at radius 3 is 2.75 bits per heavy atom. The maximum atomic E-state index is 12.3. The molecule has 1 amide bonds. The highest BCUT2D eigenvalue weighted by Crippen LogP contribution is 2.26. The highest BCUT2D eigenvalue weighted by molar-refractivity contribution is 9.10. The van der Waals surface area contributed by atoms with E-state index in [9.17, 15) is 4.79 Å². The summed E-state index contributed by atoms with van der Waals surface area (Å²) >= 11 is 14.6. The first-order valence-corrected chi connectivity index (χ1v) is 8.80. The van der Waals surface area contributed by atoms with E-state index in [1.54, 1.807) is 24.3 Å². The van der Waals surface area contributed by atoms with E-state index < -0.39 is 0 Å². The van der Waals surface area contributed by atoms with Crippen LogP contribution in [0, 0.1) is 6.92 Å². The predicted molar refractivity (Wildman–Crippen MR) is 105 cm³/mol. The summed E-state index contributed by atoms with van der Waals surface area (Å²) in [6.07, 6.45) is 0. The van der Waals surface area contributed by atoms with E-state index in [1.165, 1.54) is 0 Å². The minimum Gasteiger partial charge on any atom is -0.493 e. The number of ether oxygens (including phenoxy) is 1. The summed E-state index contributed by atoms with van der Waals surface area (Å²) in [5.74, 6) is 0.375. The van der Waals surface area contributed by atoms with Gasteiger partial charge in [0, 0.05) is 16.3 Å². The van der Waals surface area contributed by atoms with Crippen molar-refractivity contribution in [1.82, 2.24) is 5.32 Å². The van der Waals surface area contributed by atoms with E-state index in [-0.39, 0.29) is 11.0 Å². The number of amides is 1. The number of carbonyl (C=O) groups excluding carboxylic acids is 1. The minimum absolute atomic E-state index is 0.204. The Morgan fingerprint density at radius 2 is 2.08 bits per heavy atom. The molecule has 7 heteroatoms. The molecule has 0 radical (unpaired) electrons. The van der Waals surface area contributed by atoms with Gasteiger partial charge in [-0.1, -0.05) is 17.7 Å². The van der Waals surface area contributed by atoms with Gasteiger partial charge in [0.05, 0.1) is 11.1 Å². The van der Waals surface area contributed by atoms with Gasteiger partial charge in [0.15, 0.2) is 5.11 Å². The van der Waals surface area contributed by atoms with Crippen LogP contribution in [0.4, 0.5) is 5.69 Å². The Morgan fingerprint density at radius 1 is 1.33 bits per heavy atom. The summed E-state index contributed by atoms with van der Waals surface area (Å²) in [5.41, 5.74) is 2.08. The van der Waals surface area contributed by atoms with Crippen molar-refractivity contribution >= 4 is 56.5 Å². The molecule has 0 atom stereocenters. The quantitative estimate of drug-likeness (QED) is 0.679. The number of thiocarbonyl (C=S) groups is 1. The van der Waals surface area contributed by atoms with Gasteiger partial charge >= 0.3 is 0 Å². The van der Waals surface area contributed by atoms with Gasteiger partial charge in [-0.15, -0.1) is 0 Å². The second-order valence-corrected chi connectivity index (χ2v) is 6.57. The summed E-state index contributed by atoms with van der Waals surface area (Å²) in [7, 11) is 0. The van der Waals surface area contributed by atoms with E-state index >= 15 is 0 Å². The summed E-state index contributed by atoms with van der Waals surface area (Å²) in [5, 5.41) is 6.46. The number of halogens is 2. The average Bonchev–Trinajstić information content (AvgIpc) is 2.54. The highest BCUT2D eigenvalue weighted by atomic mass is 79.9. The molecule has 2 N–H and O–H groups in total. The van der Waals surface area contributed by atoms with Gasteiger partial charge in [0.1, 0.15) is 5.75 Å². The number of benzene rings is 2. The Bertz CT molecular complexity index is 783. The molecule has 0 saturated heterocycles. The van der Waals surface area contributed by atoms with E-state index in [4.69, 9.17) is 28.6 Å². The Kier molecular flexibility index (Phi) is 6.60. The molecule has 0 aliphatic rings. The first-order valence-electron chi connectivity index (χ1n) is 7.22. The topological polar surface area (TPSA) is 50.4 Å². The summed E-state index contributed by atoms with van der Waals surface area (Å²) in [6, 6.07) is 10.5. The number of carbonyl (C=O) groups is 1. The van der Waals surface area contributed by atoms with Gasteiger partial charge in [-0.2, -0.15) is 0 Å². The lowest BCUT2D eigenvalue weighted by molar-refractivity contribution is 0.0977. The lowest BCUT2D eigenvalue weighted by atomic mass is 10.2. The molecule has 0 bridgehead atoms. The van der Waals surface area contributed by atoms with Crippen LogP contribution in [-0.4, -0.2) is 17.6 Å². The molecule has 0 aromatic heterocycles. The maximum absolute atomic E-state index is 12.3. The molecule has 2 aromatic rings. The largest absolute Gasteiger partial charge is 0.493 e. The van der Waals surface area contributed by atoms with Crippen molar-refractivity contribution in [2.24, 2.45) is 0 Å². The zero-order valence-electron chi connectivity index (χ0n) is 13.2. The highest BCUT2D eigenvalue weighted by Gasteiger charge is 2.12. The normalized spacial score (nSPS) is 10.2. The molecule has 2 rings (SSSR count). The van der Waals surface area contributed by atoms with Gasteiger partial charge in [-0.3, -0.25) is 10.1 Å². The Labute approximate surface area is 159 Å². The van der Waals surface area contributed by atoms with Crippen LogP contribution in [0.3, 0.4) is 0 Å². The number of nitrogens with one attached hydrogen (secondary N) is 2. The van der Waals surface area contributed by atoms with Gasteiger partial charge in [0.25, 0.3) is 5.91 Å². The average molecular weight is 428 g/mol. The van der Waals surface area contributed by atoms with Crippen molar-refractivity contribution in [3.05, 3.63) is 57.0 Å². The number of rotatable bonds is 4. The van der Waals surface area contributed by atoms with Crippen LogP contribution in [0.2, 0.25) is 5.02 Å². The van der Waals surface area contributed by atoms with Crippen LogP contribution >= 0.6 is 39.7 Å². The van der Waals surface area contributed by atoms with Crippen molar-refractivity contribution in [3.8, 4) is 5.75 Å². The molecule has 0 spiro atoms. The van der Waals surface area contributed by atoms with Crippen molar-refractivity contribution in [2.45, 2.75) is 13.8 Å². The summed E-state index contributed by atoms with van der Waals surface area (Å²) in [6.45, 7) is 4.32. The molecule has 0 aliphatic carbocycles. The van der Waals surface area contributed by atoms with Crippen LogP contribution in [0.1, 0.15) is 22.8 Å². The first kappa shape index (κ1) is 18.7. The third-order valence-corrected chi connectivity index (χ3v) is 4.47. The third-order valence-electron chi connectivity index (χ3n) is 3.24. The van der Waals surface area contributed by atoms with Crippen LogP contribution in [-0.2, 0) is 0 Å². The van der Waals surface area contributed by atoms with Crippen LogP contribution < -0.4 is 15.4 Å². The fourth-order valence-electron chi connectivity index (χ4n) is 1.99. The zero-order chi connectivity index (χ0) is 17.7. The molecule has 0 fully saturated rings. The zero-order valence-corrected chi connectivity index (χ0v) is 16.3. The SMILES string of the molecule is CCOc1ccc(C(=O)NC(=S)Nc2cccc(Cl)c2C)cc1Br. The molecule has 24 heavy (non-hydrogen) atoms. The molecule has 2 aromatic carbocycles. The van der Waals surface area contributed by atoms with Crippen molar-refractivity contribution < 1.29 is 9.53 Å². The van der Waals surface area contributed by atoms with E-state index in [1.807, 2.05) is 26.0 Å². The summed E-state index contributed by atoms with van der Waals surface area (Å²) < 4.78 is 6.14. The summed E-state index contributed by atoms with van der Waals surface area (Å²) in [4.78, 5) is 12.3. The molecular formula is C17H16BrClN2O2S. The second-order valence-electron chi connectivity index (χ2n) is 4.90. The van der Waals surface area contributed by atoms with Crippen molar-refractivity contribution in [2.75, 3.05) is 11.9 Å². The molecule has 0 unspecified atom stereocenters. The first-order chi connectivity index (χ1) is 11.4. The van der Waals surface area contributed by atoms with Crippen molar-refractivity contribution in [1.29, 1.82) is 0 Å². The van der Waals surface area contributed by atoms with Gasteiger partial charge in [0.2, 0.25) is 0 Å². The Balaban J connectivity index is 2.05. The van der Waals surface area contributed by atoms with Gasteiger partial charge < -0.3 is 10.1 Å². The fraction of sp³-hybridized carbons (Fsp3) is 0.176. The molecule has 4 nitrogen and oxygen atoms in total. The molecular weight excluding hydrogens is 412 g/mol. The minimum atomic E-state index is -0.309. The molecule has 0 aliphatic heterocycles. The maximum Gasteiger partial charge on any atom is 0.257 e. The van der Waals surface area contributed by atoms with Gasteiger partial charge in [-0.05, 0) is 77.9 Å². The number of hydrogen-bond donors (Lipinski definition) is 2. The van der Waals surface area contributed by atoms with Crippen LogP contribution in [0.25, 0.3) is 0 Å². The van der Waals surface area contributed by atoms with Gasteiger partial charge in [-0.25, -0.2) is 0 Å². The number of anilines is 1. The molecule has 0 heterocycles. The van der Waals surface area contributed by atoms with Crippen molar-refractivity contribution in [3.63, 3.8) is 0 Å². The monoisotopic (exact) mass is 426 g/mol. The third kappa shape index (κ3) is 4.69. The Hall–Kier alpha value is -1.63. The predicted octanol–water partition coefficient (Wildman–Crippen LogP) is 4.94. The fourth-order valence-corrected chi connectivity index (χ4v) is 2.86. The van der Waals surface area contributed by atoms with E-state index in [0.717, 1.165) is 11.3 Å². The lowest BCUT2D eigenvalue weighted by Gasteiger charge is -2.13. The smallest absolute Gasteiger partial charge is 0.257 e. The molecule has 126 valence electrons. The lowest BCUT2D eigenvalue weighted by Crippen LogP contribution is -2.34. The van der Waals surface area contributed by atoms with E-state index in [0.29, 0.717) is 27.4 Å². The number of hydrogen-bond acceptors (Lipinski definition) is 3. The van der Waals surface area contributed by atoms with Crippen LogP contribution in [0.15, 0.2) is 40.9 Å². The van der Waals surface area contributed by atoms with Crippen LogP contribution in [0.5, 0.6) is 5.75 Å². The standard InChI is InChI=1S/C17H16BrClN2O2S/c1-3-23-15-8-7-11(9-12(15)18)16(22)21-17(24)20-14-6-4-5-13(19)10(14)2/h4-9H,3H2,1-2H3,(H2,20,21,22,24). The van der Waals surface area contributed by atoms with E-state index in [2.05, 4.69) is 26.6 Å².